The molecule has 2 amide bonds. The van der Waals surface area contributed by atoms with Crippen molar-refractivity contribution < 1.29 is 14.0 Å². The van der Waals surface area contributed by atoms with Crippen LogP contribution in [0.25, 0.3) is 0 Å². The van der Waals surface area contributed by atoms with Crippen LogP contribution in [0, 0.1) is 5.82 Å². The zero-order valence-electron chi connectivity index (χ0n) is 16.3. The molecule has 1 aliphatic heterocycles. The van der Waals surface area contributed by atoms with E-state index in [1.54, 1.807) is 12.1 Å². The summed E-state index contributed by atoms with van der Waals surface area (Å²) in [5.41, 5.74) is 1.00. The second kappa shape index (κ2) is 11.0. The first kappa shape index (κ1) is 21.3. The van der Waals surface area contributed by atoms with Crippen molar-refractivity contribution in [3.63, 3.8) is 0 Å². The Morgan fingerprint density at radius 1 is 1.04 bits per heavy atom. The normalized spacial score (nSPS) is 16.7. The topological polar surface area (TPSA) is 64.7 Å². The Morgan fingerprint density at radius 3 is 2.15 bits per heavy atom. The highest BCUT2D eigenvalue weighted by molar-refractivity contribution is 5.78. The number of nitrogens with one attached hydrogen (secondary N) is 2. The van der Waals surface area contributed by atoms with E-state index in [4.69, 9.17) is 0 Å². The molecule has 6 nitrogen and oxygen atoms in total. The van der Waals surface area contributed by atoms with Crippen molar-refractivity contribution in [1.29, 1.82) is 0 Å². The van der Waals surface area contributed by atoms with Gasteiger partial charge < -0.3 is 10.6 Å². The maximum atomic E-state index is 12.9. The molecule has 1 unspecified atom stereocenters. The van der Waals surface area contributed by atoms with Crippen LogP contribution in [0.1, 0.15) is 25.8 Å². The van der Waals surface area contributed by atoms with E-state index >= 15 is 0 Å². The number of hydrogen-bond donors (Lipinski definition) is 2. The van der Waals surface area contributed by atoms with Crippen molar-refractivity contribution in [3.05, 3.63) is 35.6 Å². The molecule has 1 aromatic carbocycles. The molecule has 1 aliphatic rings. The fourth-order valence-corrected chi connectivity index (χ4v) is 2.99. The number of carbonyl (C=O) groups is 2. The molecule has 0 aliphatic carbocycles. The summed E-state index contributed by atoms with van der Waals surface area (Å²) in [5.74, 6) is -0.185. The third kappa shape index (κ3) is 8.05. The third-order valence-electron chi connectivity index (χ3n) is 4.87. The second-order valence-electron chi connectivity index (χ2n) is 7.16. The Balaban J connectivity index is 1.60. The molecule has 0 spiro atoms. The van der Waals surface area contributed by atoms with Crippen molar-refractivity contribution in [1.82, 2.24) is 20.4 Å². The number of halogens is 1. The molecule has 1 fully saturated rings. The molecule has 7 heteroatoms. The Labute approximate surface area is 161 Å². The van der Waals surface area contributed by atoms with E-state index in [0.29, 0.717) is 26.1 Å². The number of amides is 2. The van der Waals surface area contributed by atoms with Gasteiger partial charge in [-0.25, -0.2) is 4.39 Å². The standard InChI is InChI=1S/C20H31FN4O2/c1-3-16(2)23-20(27)15-25-12-10-24(11-13-25)14-19(26)22-9-8-17-4-6-18(21)7-5-17/h4-7,16H,3,8-15H2,1-2H3,(H,22,26)(H,23,27). The third-order valence-corrected chi connectivity index (χ3v) is 4.87. The Bertz CT molecular complexity index is 601. The van der Waals surface area contributed by atoms with Gasteiger partial charge in [0.15, 0.2) is 0 Å². The highest BCUT2D eigenvalue weighted by atomic mass is 19.1. The smallest absolute Gasteiger partial charge is 0.234 e. The van der Waals surface area contributed by atoms with Gasteiger partial charge in [-0.3, -0.25) is 19.4 Å². The van der Waals surface area contributed by atoms with E-state index in [0.717, 1.165) is 38.2 Å². The summed E-state index contributed by atoms with van der Waals surface area (Å²) in [4.78, 5) is 28.3. The summed E-state index contributed by atoms with van der Waals surface area (Å²) < 4.78 is 12.9. The lowest BCUT2D eigenvalue weighted by Crippen LogP contribution is -2.52. The van der Waals surface area contributed by atoms with E-state index in [9.17, 15) is 14.0 Å². The number of benzene rings is 1. The van der Waals surface area contributed by atoms with Gasteiger partial charge in [-0.05, 0) is 37.5 Å². The van der Waals surface area contributed by atoms with Crippen LogP contribution in [-0.4, -0.2) is 73.5 Å². The van der Waals surface area contributed by atoms with Gasteiger partial charge in [0.05, 0.1) is 13.1 Å². The molecule has 2 N–H and O–H groups in total. The summed E-state index contributed by atoms with van der Waals surface area (Å²) in [6.07, 6.45) is 1.61. The van der Waals surface area contributed by atoms with Gasteiger partial charge >= 0.3 is 0 Å². The minimum absolute atomic E-state index is 0.0000697. The van der Waals surface area contributed by atoms with Gasteiger partial charge in [-0.2, -0.15) is 0 Å². The number of piperazine rings is 1. The maximum Gasteiger partial charge on any atom is 0.234 e. The molecule has 1 saturated heterocycles. The summed E-state index contributed by atoms with van der Waals surface area (Å²) in [6, 6.07) is 6.54. The van der Waals surface area contributed by atoms with E-state index in [-0.39, 0.29) is 23.7 Å². The molecule has 0 radical (unpaired) electrons. The van der Waals surface area contributed by atoms with Gasteiger partial charge in [0.2, 0.25) is 11.8 Å². The number of rotatable bonds is 9. The van der Waals surface area contributed by atoms with Crippen molar-refractivity contribution in [2.75, 3.05) is 45.8 Å². The molecule has 0 aromatic heterocycles. The van der Waals surface area contributed by atoms with Crippen LogP contribution in [0.3, 0.4) is 0 Å². The van der Waals surface area contributed by atoms with Gasteiger partial charge in [-0.1, -0.05) is 19.1 Å². The van der Waals surface area contributed by atoms with Crippen molar-refractivity contribution in [3.8, 4) is 0 Å². The summed E-state index contributed by atoms with van der Waals surface area (Å²) in [7, 11) is 0. The molecule has 0 saturated carbocycles. The summed E-state index contributed by atoms with van der Waals surface area (Å²) in [5, 5.41) is 5.89. The lowest BCUT2D eigenvalue weighted by Gasteiger charge is -2.34. The van der Waals surface area contributed by atoms with Gasteiger partial charge in [-0.15, -0.1) is 0 Å². The van der Waals surface area contributed by atoms with Crippen LogP contribution in [0.5, 0.6) is 0 Å². The molecule has 1 atom stereocenters. The fourth-order valence-electron chi connectivity index (χ4n) is 2.99. The summed E-state index contributed by atoms with van der Waals surface area (Å²) in [6.45, 7) is 8.52. The zero-order chi connectivity index (χ0) is 19.6. The quantitative estimate of drug-likeness (QED) is 0.673. The molecule has 1 aromatic rings. The molecule has 27 heavy (non-hydrogen) atoms. The predicted octanol–water partition coefficient (Wildman–Crippen LogP) is 1.02. The Morgan fingerprint density at radius 2 is 1.59 bits per heavy atom. The summed E-state index contributed by atoms with van der Waals surface area (Å²) >= 11 is 0. The average molecular weight is 378 g/mol. The van der Waals surface area contributed by atoms with Gasteiger partial charge in [0, 0.05) is 38.8 Å². The lowest BCUT2D eigenvalue weighted by molar-refractivity contribution is -0.125. The lowest BCUT2D eigenvalue weighted by atomic mass is 10.1. The van der Waals surface area contributed by atoms with E-state index in [1.807, 2.05) is 6.92 Å². The largest absolute Gasteiger partial charge is 0.355 e. The Hall–Kier alpha value is -1.99. The van der Waals surface area contributed by atoms with E-state index in [1.165, 1.54) is 12.1 Å². The first-order valence-corrected chi connectivity index (χ1v) is 9.71. The SMILES string of the molecule is CCC(C)NC(=O)CN1CCN(CC(=O)NCCc2ccc(F)cc2)CC1. The van der Waals surface area contributed by atoms with Crippen LogP contribution in [0.2, 0.25) is 0 Å². The van der Waals surface area contributed by atoms with Crippen LogP contribution in [0.15, 0.2) is 24.3 Å². The zero-order valence-corrected chi connectivity index (χ0v) is 16.3. The first-order chi connectivity index (χ1) is 13.0. The van der Waals surface area contributed by atoms with Crippen LogP contribution in [0.4, 0.5) is 4.39 Å². The number of hydrogen-bond acceptors (Lipinski definition) is 4. The van der Waals surface area contributed by atoms with Crippen LogP contribution < -0.4 is 10.6 Å². The highest BCUT2D eigenvalue weighted by Crippen LogP contribution is 2.03. The molecule has 0 bridgehead atoms. The monoisotopic (exact) mass is 378 g/mol. The molecule has 1 heterocycles. The van der Waals surface area contributed by atoms with Crippen molar-refractivity contribution in [2.24, 2.45) is 0 Å². The van der Waals surface area contributed by atoms with Crippen LogP contribution >= 0.6 is 0 Å². The second-order valence-corrected chi connectivity index (χ2v) is 7.16. The molecular weight excluding hydrogens is 347 g/mol. The highest BCUT2D eigenvalue weighted by Gasteiger charge is 2.20. The number of nitrogens with zero attached hydrogens (tertiary/aromatic N) is 2. The fraction of sp³-hybridized carbons (Fsp3) is 0.600. The minimum atomic E-state index is -0.251. The minimum Gasteiger partial charge on any atom is -0.355 e. The average Bonchev–Trinajstić information content (AvgIpc) is 2.65. The first-order valence-electron chi connectivity index (χ1n) is 9.71. The van der Waals surface area contributed by atoms with Gasteiger partial charge in [0.25, 0.3) is 0 Å². The van der Waals surface area contributed by atoms with E-state index < -0.39 is 0 Å². The van der Waals surface area contributed by atoms with Crippen molar-refractivity contribution in [2.45, 2.75) is 32.7 Å². The Kier molecular flexibility index (Phi) is 8.67. The predicted molar refractivity (Wildman–Crippen MR) is 104 cm³/mol. The van der Waals surface area contributed by atoms with Gasteiger partial charge in [0.1, 0.15) is 5.82 Å². The molecular formula is C20H31FN4O2. The van der Waals surface area contributed by atoms with Crippen molar-refractivity contribution >= 4 is 11.8 Å². The van der Waals surface area contributed by atoms with E-state index in [2.05, 4.69) is 27.4 Å². The van der Waals surface area contributed by atoms with Crippen LogP contribution in [-0.2, 0) is 16.0 Å². The number of carbonyl (C=O) groups excluding carboxylic acids is 2. The maximum absolute atomic E-state index is 12.9. The molecule has 2 rings (SSSR count). The molecule has 150 valence electrons.